The highest BCUT2D eigenvalue weighted by atomic mass is 79.9. The molecule has 1 aromatic carbocycles. The number of rotatable bonds is 3. The van der Waals surface area contributed by atoms with Gasteiger partial charge in [0.2, 0.25) is 0 Å². The summed E-state index contributed by atoms with van der Waals surface area (Å²) in [4.78, 5) is 0. The van der Waals surface area contributed by atoms with Gasteiger partial charge in [0, 0.05) is 18.6 Å². The first-order valence-electron chi connectivity index (χ1n) is 6.38. The van der Waals surface area contributed by atoms with Crippen molar-refractivity contribution in [3.63, 3.8) is 0 Å². The molecule has 0 spiro atoms. The number of benzene rings is 1. The van der Waals surface area contributed by atoms with Gasteiger partial charge in [-0.2, -0.15) is 0 Å². The van der Waals surface area contributed by atoms with Crippen LogP contribution in [0.4, 0.5) is 8.78 Å². The van der Waals surface area contributed by atoms with Crippen LogP contribution in [-0.2, 0) is 11.2 Å². The van der Waals surface area contributed by atoms with Crippen LogP contribution < -0.4 is 0 Å². The lowest BCUT2D eigenvalue weighted by molar-refractivity contribution is -0.135. The molecule has 0 bridgehead atoms. The van der Waals surface area contributed by atoms with Crippen LogP contribution >= 0.6 is 15.9 Å². The smallest absolute Gasteiger partial charge is 0.143 e. The van der Waals surface area contributed by atoms with Gasteiger partial charge >= 0.3 is 0 Å². The summed E-state index contributed by atoms with van der Waals surface area (Å²) in [6.45, 7) is 2.38. The van der Waals surface area contributed by atoms with Gasteiger partial charge in [-0.25, -0.2) is 8.78 Å². The highest BCUT2D eigenvalue weighted by Crippen LogP contribution is 2.31. The fourth-order valence-electron chi connectivity index (χ4n) is 2.38. The van der Waals surface area contributed by atoms with E-state index in [0.717, 1.165) is 12.8 Å². The second kappa shape index (κ2) is 5.85. The van der Waals surface area contributed by atoms with Crippen LogP contribution in [0.25, 0.3) is 0 Å². The molecule has 1 aromatic rings. The Morgan fingerprint density at radius 3 is 2.79 bits per heavy atom. The summed E-state index contributed by atoms with van der Waals surface area (Å²) in [6, 6.07) is 2.51. The molecule has 19 heavy (non-hydrogen) atoms. The van der Waals surface area contributed by atoms with Gasteiger partial charge in [0.15, 0.2) is 0 Å². The standard InChI is InChI=1S/C14H17BrF2O2/c1-14(6-2-3-7-19-14)12(18)8-9-11(16)5-4-10(15)13(9)17/h4-5,12,18H,2-3,6-8H2,1H3. The molecule has 1 heterocycles. The van der Waals surface area contributed by atoms with E-state index in [1.807, 2.05) is 0 Å². The third-order valence-electron chi connectivity index (χ3n) is 3.74. The van der Waals surface area contributed by atoms with E-state index in [1.165, 1.54) is 12.1 Å². The first-order valence-corrected chi connectivity index (χ1v) is 7.18. The van der Waals surface area contributed by atoms with Gasteiger partial charge in [-0.1, -0.05) is 0 Å². The molecule has 1 saturated heterocycles. The molecule has 2 atom stereocenters. The van der Waals surface area contributed by atoms with Crippen molar-refractivity contribution in [3.8, 4) is 0 Å². The van der Waals surface area contributed by atoms with Crippen LogP contribution in [0.2, 0.25) is 0 Å². The third kappa shape index (κ3) is 3.15. The van der Waals surface area contributed by atoms with Gasteiger partial charge in [0.05, 0.1) is 16.2 Å². The van der Waals surface area contributed by atoms with Crippen molar-refractivity contribution in [2.24, 2.45) is 0 Å². The van der Waals surface area contributed by atoms with Crippen molar-refractivity contribution < 1.29 is 18.6 Å². The summed E-state index contributed by atoms with van der Waals surface area (Å²) in [6.07, 6.45) is 1.60. The maximum atomic E-state index is 13.9. The predicted molar refractivity (Wildman–Crippen MR) is 72.0 cm³/mol. The molecule has 2 rings (SSSR count). The Morgan fingerprint density at radius 1 is 1.42 bits per heavy atom. The van der Waals surface area contributed by atoms with Gasteiger partial charge < -0.3 is 9.84 Å². The van der Waals surface area contributed by atoms with E-state index < -0.39 is 23.3 Å². The number of hydrogen-bond donors (Lipinski definition) is 1. The first-order chi connectivity index (χ1) is 8.94. The maximum Gasteiger partial charge on any atom is 0.143 e. The first kappa shape index (κ1) is 14.9. The molecular weight excluding hydrogens is 318 g/mol. The van der Waals surface area contributed by atoms with Crippen molar-refractivity contribution in [1.29, 1.82) is 0 Å². The molecule has 106 valence electrons. The van der Waals surface area contributed by atoms with E-state index in [-0.39, 0.29) is 16.5 Å². The van der Waals surface area contributed by atoms with Crippen LogP contribution in [0.1, 0.15) is 31.7 Å². The molecule has 0 aromatic heterocycles. The Kier molecular flexibility index (Phi) is 4.58. The number of ether oxygens (including phenoxy) is 1. The van der Waals surface area contributed by atoms with E-state index in [4.69, 9.17) is 4.74 Å². The number of aliphatic hydroxyl groups is 1. The molecule has 5 heteroatoms. The molecule has 0 aliphatic carbocycles. The van der Waals surface area contributed by atoms with Gasteiger partial charge in [-0.15, -0.1) is 0 Å². The summed E-state index contributed by atoms with van der Waals surface area (Å²) in [5.74, 6) is -1.29. The Labute approximate surface area is 119 Å². The molecule has 1 aliphatic heterocycles. The number of halogens is 3. The zero-order valence-electron chi connectivity index (χ0n) is 10.8. The Bertz CT molecular complexity index is 459. The van der Waals surface area contributed by atoms with E-state index in [1.54, 1.807) is 6.92 Å². The van der Waals surface area contributed by atoms with Crippen molar-refractivity contribution in [2.75, 3.05) is 6.61 Å². The second-order valence-electron chi connectivity index (χ2n) is 5.16. The summed E-state index contributed by atoms with van der Waals surface area (Å²) < 4.78 is 33.3. The predicted octanol–water partition coefficient (Wildman–Crippen LogP) is 3.59. The molecule has 2 nitrogen and oxygen atoms in total. The largest absolute Gasteiger partial charge is 0.390 e. The third-order valence-corrected chi connectivity index (χ3v) is 4.35. The lowest BCUT2D eigenvalue weighted by Gasteiger charge is -2.38. The van der Waals surface area contributed by atoms with E-state index >= 15 is 0 Å². The summed E-state index contributed by atoms with van der Waals surface area (Å²) in [5.41, 5.74) is -0.823. The van der Waals surface area contributed by atoms with Crippen molar-refractivity contribution in [3.05, 3.63) is 33.8 Å². The average Bonchev–Trinajstić information content (AvgIpc) is 2.40. The molecule has 0 radical (unpaired) electrons. The highest BCUT2D eigenvalue weighted by Gasteiger charge is 2.36. The number of hydrogen-bond acceptors (Lipinski definition) is 2. The second-order valence-corrected chi connectivity index (χ2v) is 6.01. The highest BCUT2D eigenvalue weighted by molar-refractivity contribution is 9.10. The summed E-state index contributed by atoms with van der Waals surface area (Å²) in [7, 11) is 0. The van der Waals surface area contributed by atoms with E-state index in [0.29, 0.717) is 13.0 Å². The van der Waals surface area contributed by atoms with Crippen molar-refractivity contribution in [1.82, 2.24) is 0 Å². The minimum Gasteiger partial charge on any atom is -0.390 e. The molecule has 2 unspecified atom stereocenters. The molecule has 1 N–H and O–H groups in total. The normalized spacial score (nSPS) is 25.3. The van der Waals surface area contributed by atoms with Gasteiger partial charge in [0.25, 0.3) is 0 Å². The minimum atomic E-state index is -0.925. The molecular formula is C14H17BrF2O2. The average molecular weight is 335 g/mol. The molecule has 1 aliphatic rings. The van der Waals surface area contributed by atoms with Gasteiger partial charge in [-0.3, -0.25) is 0 Å². The summed E-state index contributed by atoms with van der Waals surface area (Å²) >= 11 is 3.03. The SMILES string of the molecule is CC1(C(O)Cc2c(F)ccc(Br)c2F)CCCCO1. The van der Waals surface area contributed by atoms with Crippen molar-refractivity contribution >= 4 is 15.9 Å². The fraction of sp³-hybridized carbons (Fsp3) is 0.571. The fourth-order valence-corrected chi connectivity index (χ4v) is 2.76. The lowest BCUT2D eigenvalue weighted by atomic mass is 9.86. The monoisotopic (exact) mass is 334 g/mol. The van der Waals surface area contributed by atoms with Crippen molar-refractivity contribution in [2.45, 2.75) is 44.3 Å². The van der Waals surface area contributed by atoms with Crippen LogP contribution in [-0.4, -0.2) is 23.4 Å². The van der Waals surface area contributed by atoms with Crippen LogP contribution in [0.3, 0.4) is 0 Å². The van der Waals surface area contributed by atoms with Crippen LogP contribution in [0.5, 0.6) is 0 Å². The minimum absolute atomic E-state index is 0.0897. The van der Waals surface area contributed by atoms with E-state index in [9.17, 15) is 13.9 Å². The van der Waals surface area contributed by atoms with Crippen LogP contribution in [0, 0.1) is 11.6 Å². The topological polar surface area (TPSA) is 29.5 Å². The Balaban J connectivity index is 2.19. The molecule has 0 amide bonds. The molecule has 0 saturated carbocycles. The zero-order chi connectivity index (χ0) is 14.0. The number of aliphatic hydroxyl groups excluding tert-OH is 1. The van der Waals surface area contributed by atoms with E-state index in [2.05, 4.69) is 15.9 Å². The Morgan fingerprint density at radius 2 is 2.16 bits per heavy atom. The van der Waals surface area contributed by atoms with Gasteiger partial charge in [0.1, 0.15) is 11.6 Å². The lowest BCUT2D eigenvalue weighted by Crippen LogP contribution is -2.45. The Hall–Kier alpha value is -0.520. The van der Waals surface area contributed by atoms with Gasteiger partial charge in [-0.05, 0) is 54.2 Å². The summed E-state index contributed by atoms with van der Waals surface area (Å²) in [5, 5.41) is 10.3. The van der Waals surface area contributed by atoms with Crippen LogP contribution in [0.15, 0.2) is 16.6 Å². The molecule has 1 fully saturated rings. The quantitative estimate of drug-likeness (QED) is 0.856. The zero-order valence-corrected chi connectivity index (χ0v) is 12.3. The maximum absolute atomic E-state index is 13.9.